The number of benzene rings is 2. The normalized spacial score (nSPS) is 16.7. The molecule has 2 aromatic carbocycles. The van der Waals surface area contributed by atoms with Crippen molar-refractivity contribution in [1.29, 1.82) is 0 Å². The number of rotatable bonds is 7. The van der Waals surface area contributed by atoms with Gasteiger partial charge in [0.15, 0.2) is 5.96 Å². The molecule has 30 heavy (non-hydrogen) atoms. The Bertz CT molecular complexity index is 784. The van der Waals surface area contributed by atoms with Gasteiger partial charge < -0.3 is 16.2 Å². The highest BCUT2D eigenvalue weighted by atomic mass is 127. The molecule has 6 heteroatoms. The third kappa shape index (κ3) is 7.56. The number of likely N-dealkylation sites (tertiary alicyclic amines) is 1. The average molecular weight is 522 g/mol. The fraction of sp³-hybridized carbons (Fsp3) is 0.458. The predicted molar refractivity (Wildman–Crippen MR) is 136 cm³/mol. The lowest BCUT2D eigenvalue weighted by Gasteiger charge is -2.29. The van der Waals surface area contributed by atoms with E-state index in [1.165, 1.54) is 11.1 Å². The zero-order valence-corrected chi connectivity index (χ0v) is 20.4. The largest absolute Gasteiger partial charge is 0.393 e. The second-order valence-corrected chi connectivity index (χ2v) is 8.08. The number of anilines is 1. The molecule has 1 fully saturated rings. The number of hydrogen-bond acceptors (Lipinski definition) is 3. The van der Waals surface area contributed by atoms with Crippen LogP contribution in [-0.4, -0.2) is 35.2 Å². The van der Waals surface area contributed by atoms with Crippen LogP contribution >= 0.6 is 24.0 Å². The molecule has 0 radical (unpaired) electrons. The van der Waals surface area contributed by atoms with Gasteiger partial charge in [-0.3, -0.25) is 4.90 Å². The number of aliphatic hydroxyl groups excluding tert-OH is 1. The molecule has 1 atom stereocenters. The summed E-state index contributed by atoms with van der Waals surface area (Å²) in [4.78, 5) is 6.86. The van der Waals surface area contributed by atoms with Crippen LogP contribution in [0.2, 0.25) is 0 Å². The third-order valence-corrected chi connectivity index (χ3v) is 5.78. The van der Waals surface area contributed by atoms with Gasteiger partial charge in [0.05, 0.1) is 12.6 Å². The van der Waals surface area contributed by atoms with Crippen LogP contribution in [0.15, 0.2) is 53.5 Å². The Labute approximate surface area is 197 Å². The van der Waals surface area contributed by atoms with Crippen molar-refractivity contribution >= 4 is 35.6 Å². The quantitative estimate of drug-likeness (QED) is 0.280. The monoisotopic (exact) mass is 522 g/mol. The zero-order chi connectivity index (χ0) is 20.6. The van der Waals surface area contributed by atoms with Crippen molar-refractivity contribution in [2.24, 2.45) is 10.7 Å². The maximum Gasteiger partial charge on any atom is 0.193 e. The van der Waals surface area contributed by atoms with Crippen LogP contribution in [-0.2, 0) is 13.1 Å². The molecule has 0 aliphatic carbocycles. The summed E-state index contributed by atoms with van der Waals surface area (Å²) in [5.41, 5.74) is 10.8. The molecule has 0 bridgehead atoms. The van der Waals surface area contributed by atoms with Gasteiger partial charge in [0.25, 0.3) is 0 Å². The summed E-state index contributed by atoms with van der Waals surface area (Å²) < 4.78 is 0. The summed E-state index contributed by atoms with van der Waals surface area (Å²) in [5, 5.41) is 12.8. The second-order valence-electron chi connectivity index (χ2n) is 8.08. The Balaban J connectivity index is 0.00000320. The molecule has 1 unspecified atom stereocenters. The van der Waals surface area contributed by atoms with E-state index >= 15 is 0 Å². The molecule has 1 aliphatic heterocycles. The molecule has 3 rings (SSSR count). The van der Waals surface area contributed by atoms with Crippen LogP contribution in [0.25, 0.3) is 0 Å². The number of nitrogens with two attached hydrogens (primary N) is 1. The van der Waals surface area contributed by atoms with E-state index in [0.29, 0.717) is 18.4 Å². The summed E-state index contributed by atoms with van der Waals surface area (Å²) in [6, 6.07) is 16.9. The molecule has 4 N–H and O–H groups in total. The molecule has 0 amide bonds. The summed E-state index contributed by atoms with van der Waals surface area (Å²) in [7, 11) is 0. The van der Waals surface area contributed by atoms with E-state index in [0.717, 1.165) is 50.1 Å². The molecule has 1 aliphatic rings. The Morgan fingerprint density at radius 1 is 1.10 bits per heavy atom. The molecule has 1 saturated heterocycles. The van der Waals surface area contributed by atoms with Crippen LogP contribution in [0.3, 0.4) is 0 Å². The molecule has 1 heterocycles. The lowest BCUT2D eigenvalue weighted by molar-refractivity contribution is 0.0792. The molecule has 0 spiro atoms. The zero-order valence-electron chi connectivity index (χ0n) is 18.1. The molecule has 0 saturated carbocycles. The predicted octanol–water partition coefficient (Wildman–Crippen LogP) is 4.70. The van der Waals surface area contributed by atoms with Crippen molar-refractivity contribution in [3.05, 3.63) is 65.2 Å². The topological polar surface area (TPSA) is 73.9 Å². The minimum Gasteiger partial charge on any atom is -0.393 e. The molecule has 5 nitrogen and oxygen atoms in total. The van der Waals surface area contributed by atoms with Gasteiger partial charge in [-0.1, -0.05) is 50.2 Å². The van der Waals surface area contributed by atoms with Gasteiger partial charge in [0.2, 0.25) is 0 Å². The van der Waals surface area contributed by atoms with Gasteiger partial charge in [-0.2, -0.15) is 0 Å². The average Bonchev–Trinajstić information content (AvgIpc) is 2.75. The number of halogens is 1. The minimum atomic E-state index is -0.122. The van der Waals surface area contributed by atoms with Crippen molar-refractivity contribution in [3.8, 4) is 0 Å². The van der Waals surface area contributed by atoms with Crippen molar-refractivity contribution in [3.63, 3.8) is 0 Å². The first-order chi connectivity index (χ1) is 14.0. The maximum atomic E-state index is 9.62. The van der Waals surface area contributed by atoms with E-state index in [4.69, 9.17) is 5.73 Å². The summed E-state index contributed by atoms with van der Waals surface area (Å²) in [5.74, 6) is 0.997. The van der Waals surface area contributed by atoms with Gasteiger partial charge >= 0.3 is 0 Å². The molecule has 164 valence electrons. The van der Waals surface area contributed by atoms with Crippen LogP contribution in [0.4, 0.5) is 5.69 Å². The standard InChI is InChI=1S/C24H34N4O.HI/c1-3-18(2)21-8-10-22(11-9-21)27-24(25)26-16-19-4-6-20(7-5-19)17-28-14-12-23(29)13-15-28;/h4-11,18,23,29H,3,12-17H2,1-2H3,(H3,25,26,27);1H. The van der Waals surface area contributed by atoms with Gasteiger partial charge in [-0.25, -0.2) is 4.99 Å². The first-order valence-corrected chi connectivity index (χ1v) is 10.7. The highest BCUT2D eigenvalue weighted by Crippen LogP contribution is 2.20. The lowest BCUT2D eigenvalue weighted by Crippen LogP contribution is -2.35. The maximum absolute atomic E-state index is 9.62. The summed E-state index contributed by atoms with van der Waals surface area (Å²) in [6.45, 7) is 7.86. The first kappa shape index (κ1) is 24.6. The number of aliphatic imine (C=N–C) groups is 1. The van der Waals surface area contributed by atoms with E-state index in [1.54, 1.807) is 0 Å². The van der Waals surface area contributed by atoms with Crippen molar-refractivity contribution in [2.75, 3.05) is 18.4 Å². The fourth-order valence-corrected chi connectivity index (χ4v) is 3.58. The minimum absolute atomic E-state index is 0. The van der Waals surface area contributed by atoms with Crippen molar-refractivity contribution in [1.82, 2.24) is 4.90 Å². The second kappa shape index (κ2) is 12.3. The Morgan fingerprint density at radius 3 is 2.30 bits per heavy atom. The van der Waals surface area contributed by atoms with Crippen molar-refractivity contribution < 1.29 is 5.11 Å². The number of aliphatic hydroxyl groups is 1. The van der Waals surface area contributed by atoms with Gasteiger partial charge in [-0.15, -0.1) is 24.0 Å². The van der Waals surface area contributed by atoms with E-state index in [2.05, 4.69) is 77.6 Å². The van der Waals surface area contributed by atoms with Crippen LogP contribution in [0.5, 0.6) is 0 Å². The summed E-state index contributed by atoms with van der Waals surface area (Å²) in [6.07, 6.45) is 2.76. The van der Waals surface area contributed by atoms with E-state index < -0.39 is 0 Å². The van der Waals surface area contributed by atoms with Gasteiger partial charge in [-0.05, 0) is 54.0 Å². The van der Waals surface area contributed by atoms with Crippen LogP contribution < -0.4 is 11.1 Å². The SMILES string of the molecule is CCC(C)c1ccc(NC(N)=NCc2ccc(CN3CCC(O)CC3)cc2)cc1.I. The number of nitrogens with zero attached hydrogens (tertiary/aromatic N) is 2. The van der Waals surface area contributed by atoms with E-state index in [1.807, 2.05) is 0 Å². The Hall–Kier alpha value is -1.64. The number of guanidine groups is 1. The van der Waals surface area contributed by atoms with Gasteiger partial charge in [0.1, 0.15) is 0 Å². The van der Waals surface area contributed by atoms with E-state index in [-0.39, 0.29) is 30.1 Å². The highest BCUT2D eigenvalue weighted by Gasteiger charge is 2.16. The molecule has 0 aromatic heterocycles. The smallest absolute Gasteiger partial charge is 0.193 e. The molecular weight excluding hydrogens is 487 g/mol. The highest BCUT2D eigenvalue weighted by molar-refractivity contribution is 14.0. The Morgan fingerprint density at radius 2 is 1.70 bits per heavy atom. The number of nitrogens with one attached hydrogen (secondary N) is 1. The molecular formula is C24H35IN4O. The fourth-order valence-electron chi connectivity index (χ4n) is 3.58. The van der Waals surface area contributed by atoms with Crippen molar-refractivity contribution in [2.45, 2.75) is 58.2 Å². The molecule has 2 aromatic rings. The van der Waals surface area contributed by atoms with Crippen LogP contribution in [0.1, 0.15) is 55.7 Å². The number of piperidine rings is 1. The summed E-state index contributed by atoms with van der Waals surface area (Å²) >= 11 is 0. The Kier molecular flexibility index (Phi) is 10.1. The first-order valence-electron chi connectivity index (χ1n) is 10.7. The third-order valence-electron chi connectivity index (χ3n) is 5.78. The lowest BCUT2D eigenvalue weighted by atomic mass is 9.99. The van der Waals surface area contributed by atoms with Gasteiger partial charge in [0, 0.05) is 25.3 Å². The van der Waals surface area contributed by atoms with E-state index in [9.17, 15) is 5.11 Å². The number of hydrogen-bond donors (Lipinski definition) is 3. The van der Waals surface area contributed by atoms with Crippen LogP contribution in [0, 0.1) is 0 Å².